The summed E-state index contributed by atoms with van der Waals surface area (Å²) in [4.78, 5) is 28.7. The van der Waals surface area contributed by atoms with Crippen molar-refractivity contribution in [1.29, 1.82) is 0 Å². The lowest BCUT2D eigenvalue weighted by molar-refractivity contribution is -0.119. The monoisotopic (exact) mass is 372 g/mol. The van der Waals surface area contributed by atoms with E-state index in [0.717, 1.165) is 42.1 Å². The Morgan fingerprint density at radius 1 is 1.27 bits per heavy atom. The molecular weight excluding hydrogens is 348 g/mol. The lowest BCUT2D eigenvalue weighted by Gasteiger charge is -2.15. The van der Waals surface area contributed by atoms with Crippen LogP contribution in [0.3, 0.4) is 0 Å². The van der Waals surface area contributed by atoms with Crippen molar-refractivity contribution in [3.8, 4) is 5.69 Å². The summed E-state index contributed by atoms with van der Waals surface area (Å²) in [5, 5.41) is 5.59. The molecule has 1 aliphatic carbocycles. The molecule has 3 amide bonds. The van der Waals surface area contributed by atoms with Gasteiger partial charge in [0.2, 0.25) is 5.91 Å². The summed E-state index contributed by atoms with van der Waals surface area (Å²) in [7, 11) is 0. The number of aromatic nitrogens is 2. The first-order valence-electron chi connectivity index (χ1n) is 8.92. The maximum atomic E-state index is 12.3. The third kappa shape index (κ3) is 4.46. The van der Waals surface area contributed by atoms with Crippen LogP contribution in [0.1, 0.15) is 38.2 Å². The number of benzene rings is 1. The molecule has 0 spiro atoms. The highest BCUT2D eigenvalue weighted by molar-refractivity contribution is 8.00. The summed E-state index contributed by atoms with van der Waals surface area (Å²) >= 11 is 1.33. The van der Waals surface area contributed by atoms with Gasteiger partial charge >= 0.3 is 6.03 Å². The van der Waals surface area contributed by atoms with Crippen LogP contribution < -0.4 is 10.6 Å². The summed E-state index contributed by atoms with van der Waals surface area (Å²) in [5.41, 5.74) is 2.15. The molecule has 0 radical (unpaired) electrons. The number of urea groups is 1. The molecule has 1 aromatic carbocycles. The Morgan fingerprint density at radius 3 is 2.73 bits per heavy atom. The van der Waals surface area contributed by atoms with Crippen molar-refractivity contribution < 1.29 is 9.59 Å². The van der Waals surface area contributed by atoms with Crippen LogP contribution in [0.15, 0.2) is 41.8 Å². The summed E-state index contributed by atoms with van der Waals surface area (Å²) < 4.78 is 1.96. The second-order valence-electron chi connectivity index (χ2n) is 6.57. The first kappa shape index (κ1) is 18.5. The van der Waals surface area contributed by atoms with Gasteiger partial charge in [-0.3, -0.25) is 14.7 Å². The maximum absolute atomic E-state index is 12.3. The van der Waals surface area contributed by atoms with E-state index in [4.69, 9.17) is 0 Å². The molecule has 1 unspecified atom stereocenters. The van der Waals surface area contributed by atoms with E-state index in [1.54, 1.807) is 13.1 Å². The predicted molar refractivity (Wildman–Crippen MR) is 103 cm³/mol. The number of carbonyl (C=O) groups is 2. The molecule has 1 heterocycles. The van der Waals surface area contributed by atoms with Gasteiger partial charge in [0.15, 0.2) is 5.16 Å². The van der Waals surface area contributed by atoms with Crippen LogP contribution in [0.5, 0.6) is 0 Å². The smallest absolute Gasteiger partial charge is 0.321 e. The van der Waals surface area contributed by atoms with Crippen LogP contribution in [0, 0.1) is 6.92 Å². The Hall–Kier alpha value is -2.28. The van der Waals surface area contributed by atoms with Crippen molar-refractivity contribution in [3.63, 3.8) is 0 Å². The molecule has 26 heavy (non-hydrogen) atoms. The number of rotatable bonds is 5. The summed E-state index contributed by atoms with van der Waals surface area (Å²) in [6, 6.07) is 7.79. The number of nitrogens with zero attached hydrogens (tertiary/aromatic N) is 2. The highest BCUT2D eigenvalue weighted by Crippen LogP contribution is 2.26. The molecule has 0 bridgehead atoms. The molecule has 3 rings (SSSR count). The normalized spacial score (nSPS) is 15.6. The molecule has 1 fully saturated rings. The SMILES string of the molecule is Cc1ccccc1-n1ccnc1SC(C)C(=O)NC(=O)NC1CCCC1. The molecule has 1 aliphatic rings. The molecular formula is C19H24N4O2S. The largest absolute Gasteiger partial charge is 0.335 e. The van der Waals surface area contributed by atoms with E-state index in [1.165, 1.54) is 11.8 Å². The molecule has 2 aromatic rings. The quantitative estimate of drug-likeness (QED) is 0.789. The third-order valence-electron chi connectivity index (χ3n) is 4.56. The fourth-order valence-electron chi connectivity index (χ4n) is 3.11. The van der Waals surface area contributed by atoms with Crippen molar-refractivity contribution in [1.82, 2.24) is 20.2 Å². The van der Waals surface area contributed by atoms with Crippen molar-refractivity contribution in [3.05, 3.63) is 42.2 Å². The molecule has 1 saturated carbocycles. The first-order valence-corrected chi connectivity index (χ1v) is 9.80. The fourth-order valence-corrected chi connectivity index (χ4v) is 3.99. The topological polar surface area (TPSA) is 76.0 Å². The zero-order chi connectivity index (χ0) is 18.5. The number of amides is 3. The lowest BCUT2D eigenvalue weighted by Crippen LogP contribution is -2.45. The van der Waals surface area contributed by atoms with E-state index >= 15 is 0 Å². The van der Waals surface area contributed by atoms with Crippen molar-refractivity contribution in [2.24, 2.45) is 0 Å². The summed E-state index contributed by atoms with van der Waals surface area (Å²) in [6.45, 7) is 3.81. The van der Waals surface area contributed by atoms with Gasteiger partial charge in [0.1, 0.15) is 0 Å². The van der Waals surface area contributed by atoms with Gasteiger partial charge in [0, 0.05) is 18.4 Å². The number of hydrogen-bond acceptors (Lipinski definition) is 4. The van der Waals surface area contributed by atoms with Gasteiger partial charge < -0.3 is 5.32 Å². The molecule has 7 heteroatoms. The first-order chi connectivity index (χ1) is 12.5. The van der Waals surface area contributed by atoms with E-state index < -0.39 is 11.3 Å². The average Bonchev–Trinajstić information content (AvgIpc) is 3.27. The highest BCUT2D eigenvalue weighted by Gasteiger charge is 2.22. The predicted octanol–water partition coefficient (Wildman–Crippen LogP) is 3.43. The fraction of sp³-hybridized carbons (Fsp3) is 0.421. The van der Waals surface area contributed by atoms with Crippen molar-refractivity contribution in [2.75, 3.05) is 0 Å². The Bertz CT molecular complexity index is 783. The van der Waals surface area contributed by atoms with Crippen molar-refractivity contribution >= 4 is 23.7 Å². The number of nitrogens with one attached hydrogen (secondary N) is 2. The maximum Gasteiger partial charge on any atom is 0.321 e. The number of imidazole rings is 1. The molecule has 0 aliphatic heterocycles. The number of para-hydroxylation sites is 1. The Labute approximate surface area is 157 Å². The van der Waals surface area contributed by atoms with E-state index in [1.807, 2.05) is 42.0 Å². The van der Waals surface area contributed by atoms with Gasteiger partial charge in [0.25, 0.3) is 0 Å². The second kappa shape index (κ2) is 8.40. The van der Waals surface area contributed by atoms with Crippen LogP contribution in [0.25, 0.3) is 5.69 Å². The van der Waals surface area contributed by atoms with Crippen LogP contribution >= 0.6 is 11.8 Å². The minimum absolute atomic E-state index is 0.186. The molecule has 1 aromatic heterocycles. The molecule has 138 valence electrons. The van der Waals surface area contributed by atoms with Gasteiger partial charge in [-0.05, 0) is 38.3 Å². The third-order valence-corrected chi connectivity index (χ3v) is 5.64. The van der Waals surface area contributed by atoms with Crippen LogP contribution in [0.2, 0.25) is 0 Å². The van der Waals surface area contributed by atoms with Crippen molar-refractivity contribution in [2.45, 2.75) is 56.0 Å². The Kier molecular flexibility index (Phi) is 5.98. The number of aryl methyl sites for hydroxylation is 1. The number of carbonyl (C=O) groups excluding carboxylic acids is 2. The van der Waals surface area contributed by atoms with Gasteiger partial charge in [-0.25, -0.2) is 9.78 Å². The van der Waals surface area contributed by atoms with E-state index in [-0.39, 0.29) is 11.9 Å². The standard InChI is InChI=1S/C19H24N4O2S/c1-13-7-3-6-10-16(13)23-12-11-20-19(23)26-14(2)17(24)22-18(25)21-15-8-4-5-9-15/h3,6-7,10-12,14-15H,4-5,8-9H2,1-2H3,(H2,21,22,24,25). The van der Waals surface area contributed by atoms with Gasteiger partial charge in [-0.15, -0.1) is 0 Å². The Balaban J connectivity index is 1.60. The van der Waals surface area contributed by atoms with E-state index in [0.29, 0.717) is 0 Å². The molecule has 6 nitrogen and oxygen atoms in total. The van der Waals surface area contributed by atoms with Gasteiger partial charge in [0.05, 0.1) is 10.9 Å². The van der Waals surface area contributed by atoms with Crippen LogP contribution in [-0.4, -0.2) is 32.8 Å². The molecule has 2 N–H and O–H groups in total. The summed E-state index contributed by atoms with van der Waals surface area (Å²) in [6.07, 6.45) is 7.83. The second-order valence-corrected chi connectivity index (χ2v) is 7.88. The highest BCUT2D eigenvalue weighted by atomic mass is 32.2. The molecule has 1 atom stereocenters. The van der Waals surface area contributed by atoms with Gasteiger partial charge in [-0.1, -0.05) is 42.8 Å². The van der Waals surface area contributed by atoms with Crippen LogP contribution in [0.4, 0.5) is 4.79 Å². The Morgan fingerprint density at radius 2 is 2.00 bits per heavy atom. The number of thioether (sulfide) groups is 1. The van der Waals surface area contributed by atoms with Crippen LogP contribution in [-0.2, 0) is 4.79 Å². The minimum atomic E-state index is -0.436. The lowest BCUT2D eigenvalue weighted by atomic mass is 10.2. The summed E-state index contributed by atoms with van der Waals surface area (Å²) in [5.74, 6) is -0.315. The number of imide groups is 1. The number of hydrogen-bond donors (Lipinski definition) is 2. The minimum Gasteiger partial charge on any atom is -0.335 e. The average molecular weight is 372 g/mol. The molecule has 0 saturated heterocycles. The van der Waals surface area contributed by atoms with E-state index in [9.17, 15) is 9.59 Å². The van der Waals surface area contributed by atoms with Gasteiger partial charge in [-0.2, -0.15) is 0 Å². The zero-order valence-electron chi connectivity index (χ0n) is 15.1. The van der Waals surface area contributed by atoms with E-state index in [2.05, 4.69) is 15.6 Å². The zero-order valence-corrected chi connectivity index (χ0v) is 15.9.